The van der Waals surface area contributed by atoms with Crippen molar-refractivity contribution in [2.75, 3.05) is 11.9 Å². The van der Waals surface area contributed by atoms with E-state index in [4.69, 9.17) is 4.74 Å². The van der Waals surface area contributed by atoms with Crippen LogP contribution in [0.4, 0.5) is 5.69 Å². The highest BCUT2D eigenvalue weighted by atomic mass is 16.6. The van der Waals surface area contributed by atoms with Gasteiger partial charge < -0.3 is 10.1 Å². The van der Waals surface area contributed by atoms with Gasteiger partial charge in [-0.1, -0.05) is 6.07 Å². The molecule has 0 saturated carbocycles. The van der Waals surface area contributed by atoms with Crippen LogP contribution in [0.15, 0.2) is 18.2 Å². The van der Waals surface area contributed by atoms with Gasteiger partial charge in [0.25, 0.3) is 11.8 Å². The molecule has 9 nitrogen and oxygen atoms in total. The van der Waals surface area contributed by atoms with Gasteiger partial charge in [-0.25, -0.2) is 0 Å². The highest BCUT2D eigenvalue weighted by Crippen LogP contribution is 2.32. The Kier molecular flexibility index (Phi) is 4.93. The molecule has 1 aromatic rings. The molecule has 28 heavy (non-hydrogen) atoms. The van der Waals surface area contributed by atoms with Crippen LogP contribution in [-0.4, -0.2) is 52.7 Å². The highest BCUT2D eigenvalue weighted by molar-refractivity contribution is 6.25. The Morgan fingerprint density at radius 3 is 2.57 bits per heavy atom. The van der Waals surface area contributed by atoms with E-state index >= 15 is 0 Å². The van der Waals surface area contributed by atoms with Crippen molar-refractivity contribution in [3.8, 4) is 0 Å². The van der Waals surface area contributed by atoms with Gasteiger partial charge in [0.15, 0.2) is 0 Å². The summed E-state index contributed by atoms with van der Waals surface area (Å²) in [6.45, 7) is 5.04. The number of carbonyl (C=O) groups excluding carboxylic acids is 5. The van der Waals surface area contributed by atoms with Gasteiger partial charge in [0.2, 0.25) is 11.8 Å². The second-order valence-corrected chi connectivity index (χ2v) is 7.62. The van der Waals surface area contributed by atoms with Crippen molar-refractivity contribution >= 4 is 35.3 Å². The molecule has 1 saturated heterocycles. The van der Waals surface area contributed by atoms with Crippen molar-refractivity contribution in [2.24, 2.45) is 0 Å². The Balaban J connectivity index is 1.81. The number of anilines is 1. The first-order valence-electron chi connectivity index (χ1n) is 8.89. The van der Waals surface area contributed by atoms with Gasteiger partial charge in [0.1, 0.15) is 18.2 Å². The second kappa shape index (κ2) is 7.06. The standard InChI is InChI=1S/C19H21N3O6/c1-19(2,3)28-14(24)9-20-11-6-4-5-10-15(11)18(27)22(17(10)26)12-7-8-13(23)21-16(12)25/h4-6,12,20H,7-9H2,1-3H3,(H,21,23,25). The predicted octanol–water partition coefficient (Wildman–Crippen LogP) is 0.841. The quantitative estimate of drug-likeness (QED) is 0.580. The summed E-state index contributed by atoms with van der Waals surface area (Å²) in [6, 6.07) is 3.60. The van der Waals surface area contributed by atoms with Crippen molar-refractivity contribution in [3.05, 3.63) is 29.3 Å². The van der Waals surface area contributed by atoms with Gasteiger partial charge in [0.05, 0.1) is 11.1 Å². The van der Waals surface area contributed by atoms with Gasteiger partial charge in [-0.05, 0) is 39.3 Å². The maximum atomic E-state index is 12.9. The fourth-order valence-corrected chi connectivity index (χ4v) is 3.21. The zero-order valence-corrected chi connectivity index (χ0v) is 15.8. The minimum atomic E-state index is -1.04. The smallest absolute Gasteiger partial charge is 0.325 e. The number of hydrogen-bond donors (Lipinski definition) is 2. The monoisotopic (exact) mass is 387 g/mol. The molecule has 9 heteroatoms. The third-order valence-corrected chi connectivity index (χ3v) is 4.31. The minimum absolute atomic E-state index is 0.0492. The number of nitrogens with zero attached hydrogens (tertiary/aromatic N) is 1. The predicted molar refractivity (Wildman–Crippen MR) is 97.4 cm³/mol. The molecule has 1 aromatic carbocycles. The molecule has 0 radical (unpaired) electrons. The first-order chi connectivity index (χ1) is 13.1. The normalized spacial score (nSPS) is 19.4. The number of piperidine rings is 1. The Morgan fingerprint density at radius 2 is 1.93 bits per heavy atom. The summed E-state index contributed by atoms with van der Waals surface area (Å²) < 4.78 is 5.22. The summed E-state index contributed by atoms with van der Waals surface area (Å²) >= 11 is 0. The van der Waals surface area contributed by atoms with E-state index < -0.39 is 41.2 Å². The molecule has 3 rings (SSSR count). The van der Waals surface area contributed by atoms with Crippen molar-refractivity contribution in [2.45, 2.75) is 45.3 Å². The van der Waals surface area contributed by atoms with Gasteiger partial charge in [-0.2, -0.15) is 0 Å². The lowest BCUT2D eigenvalue weighted by Gasteiger charge is -2.27. The van der Waals surface area contributed by atoms with Crippen LogP contribution in [0.1, 0.15) is 54.3 Å². The Labute approximate surface area is 161 Å². The number of hydrogen-bond acceptors (Lipinski definition) is 7. The number of amides is 4. The summed E-state index contributed by atoms with van der Waals surface area (Å²) in [5, 5.41) is 4.98. The largest absolute Gasteiger partial charge is 0.459 e. The molecule has 1 unspecified atom stereocenters. The molecule has 0 spiro atoms. The molecule has 1 fully saturated rings. The van der Waals surface area contributed by atoms with Crippen LogP contribution in [0.5, 0.6) is 0 Å². The number of benzene rings is 1. The summed E-state index contributed by atoms with van der Waals surface area (Å²) in [5.74, 6) is -2.85. The minimum Gasteiger partial charge on any atom is -0.459 e. The first kappa shape index (κ1) is 19.5. The summed E-state index contributed by atoms with van der Waals surface area (Å²) in [7, 11) is 0. The molecule has 2 aliphatic rings. The number of fused-ring (bicyclic) bond motifs is 1. The first-order valence-corrected chi connectivity index (χ1v) is 8.89. The van der Waals surface area contributed by atoms with Gasteiger partial charge in [-0.3, -0.25) is 34.2 Å². The Hall–Kier alpha value is -3.23. The van der Waals surface area contributed by atoms with E-state index in [0.717, 1.165) is 4.90 Å². The molecule has 2 N–H and O–H groups in total. The van der Waals surface area contributed by atoms with Crippen LogP contribution in [0.2, 0.25) is 0 Å². The molecular weight excluding hydrogens is 366 g/mol. The lowest BCUT2D eigenvalue weighted by Crippen LogP contribution is -2.54. The van der Waals surface area contributed by atoms with Crippen molar-refractivity contribution in [3.63, 3.8) is 0 Å². The average molecular weight is 387 g/mol. The SMILES string of the molecule is CC(C)(C)OC(=O)CNc1cccc2c1C(=O)N(C1CCC(=O)NC1=O)C2=O. The van der Waals surface area contributed by atoms with Gasteiger partial charge in [-0.15, -0.1) is 0 Å². The molecule has 2 aliphatic heterocycles. The molecule has 4 amide bonds. The topological polar surface area (TPSA) is 122 Å². The van der Waals surface area contributed by atoms with E-state index in [1.165, 1.54) is 6.07 Å². The number of rotatable bonds is 4. The van der Waals surface area contributed by atoms with Crippen LogP contribution >= 0.6 is 0 Å². The van der Waals surface area contributed by atoms with E-state index in [0.29, 0.717) is 5.69 Å². The molecular formula is C19H21N3O6. The molecule has 0 bridgehead atoms. The van der Waals surface area contributed by atoms with Gasteiger partial charge in [0, 0.05) is 12.1 Å². The van der Waals surface area contributed by atoms with Crippen LogP contribution in [0.3, 0.4) is 0 Å². The Morgan fingerprint density at radius 1 is 1.21 bits per heavy atom. The number of imide groups is 2. The fraction of sp³-hybridized carbons (Fsp3) is 0.421. The molecule has 0 aliphatic carbocycles. The summed E-state index contributed by atoms with van der Waals surface area (Å²) in [5.41, 5.74) is -0.104. The molecule has 1 atom stereocenters. The highest BCUT2D eigenvalue weighted by Gasteiger charge is 2.45. The van der Waals surface area contributed by atoms with Crippen LogP contribution in [0.25, 0.3) is 0 Å². The van der Waals surface area contributed by atoms with Crippen molar-refractivity contribution in [1.29, 1.82) is 0 Å². The van der Waals surface area contributed by atoms with Gasteiger partial charge >= 0.3 is 5.97 Å². The lowest BCUT2D eigenvalue weighted by molar-refractivity contribution is -0.152. The van der Waals surface area contributed by atoms with E-state index in [1.54, 1.807) is 32.9 Å². The third kappa shape index (κ3) is 3.73. The number of nitrogens with one attached hydrogen (secondary N) is 2. The van der Waals surface area contributed by atoms with Crippen LogP contribution in [0, 0.1) is 0 Å². The zero-order valence-electron chi connectivity index (χ0n) is 15.8. The lowest BCUT2D eigenvalue weighted by atomic mass is 10.0. The Bertz CT molecular complexity index is 886. The number of ether oxygens (including phenoxy) is 1. The zero-order chi connectivity index (χ0) is 20.6. The van der Waals surface area contributed by atoms with Crippen LogP contribution < -0.4 is 10.6 Å². The average Bonchev–Trinajstić information content (AvgIpc) is 2.84. The molecule has 0 aromatic heterocycles. The maximum absolute atomic E-state index is 12.9. The molecule has 148 valence electrons. The fourth-order valence-electron chi connectivity index (χ4n) is 3.21. The van der Waals surface area contributed by atoms with E-state index in [1.807, 2.05) is 0 Å². The van der Waals surface area contributed by atoms with E-state index in [-0.39, 0.29) is 30.5 Å². The molecule has 2 heterocycles. The third-order valence-electron chi connectivity index (χ3n) is 4.31. The van der Waals surface area contributed by atoms with Crippen molar-refractivity contribution in [1.82, 2.24) is 10.2 Å². The van der Waals surface area contributed by atoms with Crippen LogP contribution in [-0.2, 0) is 19.1 Å². The van der Waals surface area contributed by atoms with Crippen molar-refractivity contribution < 1.29 is 28.7 Å². The summed E-state index contributed by atoms with van der Waals surface area (Å²) in [4.78, 5) is 61.9. The number of esters is 1. The summed E-state index contributed by atoms with van der Waals surface area (Å²) in [6.07, 6.45) is 0.129. The number of carbonyl (C=O) groups is 5. The van der Waals surface area contributed by atoms with E-state index in [9.17, 15) is 24.0 Å². The maximum Gasteiger partial charge on any atom is 0.325 e. The van der Waals surface area contributed by atoms with E-state index in [2.05, 4.69) is 10.6 Å². The second-order valence-electron chi connectivity index (χ2n) is 7.62.